The van der Waals surface area contributed by atoms with Crippen LogP contribution < -0.4 is 5.32 Å². The Labute approximate surface area is 87.3 Å². The number of nitrogens with one attached hydrogen (secondary N) is 1. The number of rotatable bonds is 1. The molecule has 0 amide bonds. The zero-order valence-electron chi connectivity index (χ0n) is 8.23. The first-order valence-electron chi connectivity index (χ1n) is 5.03. The molecule has 2 heterocycles. The number of aromatic nitrogens is 2. The first-order chi connectivity index (χ1) is 7.43. The van der Waals surface area contributed by atoms with Crippen LogP contribution in [0.5, 0.6) is 0 Å². The lowest BCUT2D eigenvalue weighted by molar-refractivity contribution is 0.430. The van der Waals surface area contributed by atoms with E-state index in [-0.39, 0.29) is 0 Å². The van der Waals surface area contributed by atoms with E-state index in [1.54, 1.807) is 0 Å². The van der Waals surface area contributed by atoms with Crippen LogP contribution in [0.3, 0.4) is 0 Å². The molecule has 0 unspecified atom stereocenters. The average Bonchev–Trinajstić information content (AvgIpc) is 2.82. The maximum absolute atomic E-state index is 5.03. The Morgan fingerprint density at radius 2 is 2.27 bits per heavy atom. The third-order valence-electron chi connectivity index (χ3n) is 2.70. The van der Waals surface area contributed by atoms with Gasteiger partial charge in [0.15, 0.2) is 6.33 Å². The van der Waals surface area contributed by atoms with Crippen molar-refractivity contribution in [2.24, 2.45) is 0 Å². The van der Waals surface area contributed by atoms with Crippen molar-refractivity contribution in [3.8, 4) is 11.5 Å². The predicted octanol–water partition coefficient (Wildman–Crippen LogP) is 1.38. The molecule has 2 aromatic rings. The fraction of sp³-hybridized carbons (Fsp3) is 0.273. The minimum atomic E-state index is 0.586. The molecule has 76 valence electrons. The summed E-state index contributed by atoms with van der Waals surface area (Å²) in [5, 5.41) is 6.96. The van der Waals surface area contributed by atoms with E-state index >= 15 is 0 Å². The summed E-state index contributed by atoms with van der Waals surface area (Å²) in [5.74, 6) is 0.586. The van der Waals surface area contributed by atoms with E-state index < -0.39 is 0 Å². The lowest BCUT2D eigenvalue weighted by Crippen LogP contribution is -2.23. The smallest absolute Gasteiger partial charge is 0.257 e. The summed E-state index contributed by atoms with van der Waals surface area (Å²) in [5.41, 5.74) is 3.74. The van der Waals surface area contributed by atoms with Gasteiger partial charge in [-0.15, -0.1) is 0 Å². The van der Waals surface area contributed by atoms with Crippen molar-refractivity contribution in [1.82, 2.24) is 15.5 Å². The maximum Gasteiger partial charge on any atom is 0.257 e. The van der Waals surface area contributed by atoms with Crippen LogP contribution >= 0.6 is 0 Å². The fourth-order valence-electron chi connectivity index (χ4n) is 1.91. The molecule has 0 spiro atoms. The molecule has 0 radical (unpaired) electrons. The van der Waals surface area contributed by atoms with E-state index in [9.17, 15) is 0 Å². The Balaban J connectivity index is 2.04. The molecule has 1 aromatic heterocycles. The van der Waals surface area contributed by atoms with E-state index in [0.29, 0.717) is 5.89 Å². The van der Waals surface area contributed by atoms with Crippen molar-refractivity contribution in [3.05, 3.63) is 35.7 Å². The number of benzene rings is 1. The Morgan fingerprint density at radius 1 is 1.27 bits per heavy atom. The van der Waals surface area contributed by atoms with E-state index in [1.807, 2.05) is 6.07 Å². The Bertz CT molecular complexity index is 465. The molecule has 0 saturated heterocycles. The molecular formula is C11H11N3O. The van der Waals surface area contributed by atoms with Crippen molar-refractivity contribution in [2.75, 3.05) is 6.54 Å². The van der Waals surface area contributed by atoms with Crippen molar-refractivity contribution >= 4 is 0 Å². The second kappa shape index (κ2) is 3.47. The van der Waals surface area contributed by atoms with Crippen molar-refractivity contribution < 1.29 is 4.52 Å². The molecule has 15 heavy (non-hydrogen) atoms. The summed E-state index contributed by atoms with van der Waals surface area (Å²) < 4.78 is 5.03. The lowest BCUT2D eigenvalue weighted by Gasteiger charge is -2.16. The summed E-state index contributed by atoms with van der Waals surface area (Å²) >= 11 is 0. The van der Waals surface area contributed by atoms with E-state index in [4.69, 9.17) is 4.52 Å². The van der Waals surface area contributed by atoms with Crippen LogP contribution in [0, 0.1) is 0 Å². The molecule has 1 aromatic carbocycles. The van der Waals surface area contributed by atoms with Crippen LogP contribution in [0.15, 0.2) is 29.0 Å². The molecule has 1 N–H and O–H groups in total. The predicted molar refractivity (Wildman–Crippen MR) is 55.1 cm³/mol. The van der Waals surface area contributed by atoms with Crippen LogP contribution in [0.4, 0.5) is 0 Å². The molecule has 3 rings (SSSR count). The normalized spacial score (nSPS) is 14.9. The second-order valence-electron chi connectivity index (χ2n) is 3.66. The SMILES string of the molecule is c1noc(-c2ccc3c(c2)CNCC3)n1. The molecule has 1 aliphatic rings. The van der Waals surface area contributed by atoms with Gasteiger partial charge in [-0.1, -0.05) is 11.2 Å². The maximum atomic E-state index is 5.03. The third-order valence-corrected chi connectivity index (χ3v) is 2.70. The van der Waals surface area contributed by atoms with Crippen LogP contribution in [-0.4, -0.2) is 16.7 Å². The summed E-state index contributed by atoms with van der Waals surface area (Å²) in [6, 6.07) is 6.31. The largest absolute Gasteiger partial charge is 0.334 e. The first kappa shape index (κ1) is 8.61. The molecule has 1 aliphatic heterocycles. The van der Waals surface area contributed by atoms with E-state index in [2.05, 4.69) is 27.6 Å². The van der Waals surface area contributed by atoms with E-state index in [0.717, 1.165) is 25.1 Å². The Kier molecular flexibility index (Phi) is 1.99. The van der Waals surface area contributed by atoms with Crippen molar-refractivity contribution in [2.45, 2.75) is 13.0 Å². The standard InChI is InChI=1S/C11H11N3O/c1-2-9(11-13-7-14-15-11)5-10-6-12-4-3-8(1)10/h1-2,5,7,12H,3-4,6H2. The van der Waals surface area contributed by atoms with Gasteiger partial charge in [0.1, 0.15) is 0 Å². The van der Waals surface area contributed by atoms with Crippen molar-refractivity contribution in [1.29, 1.82) is 0 Å². The molecule has 0 fully saturated rings. The molecule has 0 saturated carbocycles. The zero-order chi connectivity index (χ0) is 10.1. The minimum Gasteiger partial charge on any atom is -0.334 e. The summed E-state index contributed by atoms with van der Waals surface area (Å²) in [4.78, 5) is 4.04. The van der Waals surface area contributed by atoms with Gasteiger partial charge in [-0.2, -0.15) is 4.98 Å². The molecule has 4 nitrogen and oxygen atoms in total. The molecule has 0 bridgehead atoms. The van der Waals surface area contributed by atoms with Crippen LogP contribution in [0.2, 0.25) is 0 Å². The van der Waals surface area contributed by atoms with Gasteiger partial charge in [-0.05, 0) is 36.2 Å². The monoisotopic (exact) mass is 201 g/mol. The average molecular weight is 201 g/mol. The Hall–Kier alpha value is -1.68. The molecular weight excluding hydrogens is 190 g/mol. The van der Waals surface area contributed by atoms with Gasteiger partial charge in [-0.25, -0.2) is 0 Å². The van der Waals surface area contributed by atoms with Crippen LogP contribution in [0.1, 0.15) is 11.1 Å². The number of hydrogen-bond donors (Lipinski definition) is 1. The summed E-state index contributed by atoms with van der Waals surface area (Å²) in [6.45, 7) is 1.99. The highest BCUT2D eigenvalue weighted by Gasteiger charge is 2.11. The van der Waals surface area contributed by atoms with Gasteiger partial charge in [0.05, 0.1) is 0 Å². The highest BCUT2D eigenvalue weighted by atomic mass is 16.5. The van der Waals surface area contributed by atoms with Gasteiger partial charge in [0.2, 0.25) is 0 Å². The van der Waals surface area contributed by atoms with Gasteiger partial charge in [0.25, 0.3) is 5.89 Å². The van der Waals surface area contributed by atoms with Crippen molar-refractivity contribution in [3.63, 3.8) is 0 Å². The molecule has 0 aliphatic carbocycles. The highest BCUT2D eigenvalue weighted by Crippen LogP contribution is 2.22. The van der Waals surface area contributed by atoms with Gasteiger partial charge >= 0.3 is 0 Å². The topological polar surface area (TPSA) is 51.0 Å². The molecule has 4 heteroatoms. The minimum absolute atomic E-state index is 0.586. The quantitative estimate of drug-likeness (QED) is 0.757. The molecule has 0 atom stereocenters. The third kappa shape index (κ3) is 1.53. The second-order valence-corrected chi connectivity index (χ2v) is 3.66. The number of hydrogen-bond acceptors (Lipinski definition) is 4. The number of fused-ring (bicyclic) bond motifs is 1. The summed E-state index contributed by atoms with van der Waals surface area (Å²) in [6.07, 6.45) is 2.52. The van der Waals surface area contributed by atoms with E-state index in [1.165, 1.54) is 17.5 Å². The lowest BCUT2D eigenvalue weighted by atomic mass is 9.98. The van der Waals surface area contributed by atoms with Gasteiger partial charge in [-0.3, -0.25) is 0 Å². The van der Waals surface area contributed by atoms with Crippen LogP contribution in [0.25, 0.3) is 11.5 Å². The van der Waals surface area contributed by atoms with Gasteiger partial charge in [0, 0.05) is 12.1 Å². The Morgan fingerprint density at radius 3 is 3.13 bits per heavy atom. The summed E-state index contributed by atoms with van der Waals surface area (Å²) in [7, 11) is 0. The first-order valence-corrected chi connectivity index (χ1v) is 5.03. The highest BCUT2D eigenvalue weighted by molar-refractivity contribution is 5.55. The zero-order valence-corrected chi connectivity index (χ0v) is 8.23. The fourth-order valence-corrected chi connectivity index (χ4v) is 1.91. The number of nitrogens with zero attached hydrogens (tertiary/aromatic N) is 2. The van der Waals surface area contributed by atoms with Gasteiger partial charge < -0.3 is 9.84 Å². The van der Waals surface area contributed by atoms with Crippen LogP contribution in [-0.2, 0) is 13.0 Å².